The number of hydrogen-bond acceptors (Lipinski definition) is 2. The average Bonchev–Trinajstić information content (AvgIpc) is 2.48. The van der Waals surface area contributed by atoms with E-state index in [2.05, 4.69) is 0 Å². The lowest BCUT2D eigenvalue weighted by atomic mass is 9.76. The van der Waals surface area contributed by atoms with E-state index in [1.165, 1.54) is 0 Å². The van der Waals surface area contributed by atoms with Crippen molar-refractivity contribution in [3.63, 3.8) is 0 Å². The fraction of sp³-hybridized carbons (Fsp3) is 0.250. The summed E-state index contributed by atoms with van der Waals surface area (Å²) in [7, 11) is 0. The third-order valence-electron chi connectivity index (χ3n) is 3.54. The minimum atomic E-state index is -0.435. The van der Waals surface area contributed by atoms with Crippen molar-refractivity contribution in [3.8, 4) is 0 Å². The molecule has 0 bridgehead atoms. The molecule has 0 fully saturated rings. The van der Waals surface area contributed by atoms with Gasteiger partial charge in [-0.1, -0.05) is 54.1 Å². The Morgan fingerprint density at radius 2 is 1.63 bits per heavy atom. The second kappa shape index (κ2) is 6.20. The van der Waals surface area contributed by atoms with E-state index < -0.39 is 5.41 Å². The highest BCUT2D eigenvalue weighted by Gasteiger charge is 2.30. The van der Waals surface area contributed by atoms with E-state index in [1.807, 2.05) is 54.6 Å². The van der Waals surface area contributed by atoms with E-state index in [0.29, 0.717) is 18.0 Å². The Morgan fingerprint density at radius 1 is 1.00 bits per heavy atom. The first-order valence-electron chi connectivity index (χ1n) is 6.31. The van der Waals surface area contributed by atoms with Crippen LogP contribution in [-0.4, -0.2) is 18.3 Å². The smallest absolute Gasteiger partial charge is 0.0543 e. The summed E-state index contributed by atoms with van der Waals surface area (Å²) in [4.78, 5) is 0. The van der Waals surface area contributed by atoms with Gasteiger partial charge in [0.15, 0.2) is 0 Å². The number of nitrogens with two attached hydrogens (primary N) is 1. The fourth-order valence-corrected chi connectivity index (χ4v) is 2.41. The number of halogens is 1. The van der Waals surface area contributed by atoms with Crippen molar-refractivity contribution in [2.45, 2.75) is 11.8 Å². The number of benzene rings is 2. The van der Waals surface area contributed by atoms with Crippen LogP contribution in [0.15, 0.2) is 54.6 Å². The van der Waals surface area contributed by atoms with E-state index in [9.17, 15) is 5.11 Å². The summed E-state index contributed by atoms with van der Waals surface area (Å²) in [5.41, 5.74) is 7.69. The summed E-state index contributed by atoms with van der Waals surface area (Å²) in [6.07, 6.45) is 0.696. The molecule has 0 spiro atoms. The maximum atomic E-state index is 9.84. The van der Waals surface area contributed by atoms with Gasteiger partial charge in [-0.15, -0.1) is 0 Å². The van der Waals surface area contributed by atoms with E-state index in [0.717, 1.165) is 11.1 Å². The van der Waals surface area contributed by atoms with Gasteiger partial charge in [0.05, 0.1) is 6.61 Å². The predicted octanol–water partition coefficient (Wildman–Crippen LogP) is 2.77. The van der Waals surface area contributed by atoms with Gasteiger partial charge in [-0.25, -0.2) is 0 Å². The second-order valence-corrected chi connectivity index (χ2v) is 5.25. The second-order valence-electron chi connectivity index (χ2n) is 4.81. The van der Waals surface area contributed by atoms with E-state index >= 15 is 0 Å². The van der Waals surface area contributed by atoms with Crippen molar-refractivity contribution in [1.29, 1.82) is 0 Å². The molecule has 0 heterocycles. The van der Waals surface area contributed by atoms with Crippen LogP contribution in [-0.2, 0) is 11.8 Å². The zero-order chi connectivity index (χ0) is 13.7. The summed E-state index contributed by atoms with van der Waals surface area (Å²) in [5, 5.41) is 10.6. The predicted molar refractivity (Wildman–Crippen MR) is 79.4 cm³/mol. The van der Waals surface area contributed by atoms with Crippen LogP contribution in [0, 0.1) is 0 Å². The third-order valence-corrected chi connectivity index (χ3v) is 3.79. The van der Waals surface area contributed by atoms with Crippen LogP contribution in [0.2, 0.25) is 5.02 Å². The quantitative estimate of drug-likeness (QED) is 0.881. The van der Waals surface area contributed by atoms with Gasteiger partial charge in [0.25, 0.3) is 0 Å². The number of aliphatic hydroxyl groups is 1. The summed E-state index contributed by atoms with van der Waals surface area (Å²) in [6, 6.07) is 17.6. The minimum absolute atomic E-state index is 0.0239. The number of aliphatic hydroxyl groups excluding tert-OH is 1. The molecule has 100 valence electrons. The van der Waals surface area contributed by atoms with E-state index in [1.54, 1.807) is 0 Å². The standard InChI is InChI=1S/C16H18ClNO/c17-15-8-6-13(7-9-15)10-16(11-18,12-19)14-4-2-1-3-5-14/h1-9,19H,10-12,18H2. The van der Waals surface area contributed by atoms with Crippen LogP contribution in [0.5, 0.6) is 0 Å². The molecular weight excluding hydrogens is 258 g/mol. The molecule has 2 aromatic rings. The van der Waals surface area contributed by atoms with Crippen molar-refractivity contribution < 1.29 is 5.11 Å². The van der Waals surface area contributed by atoms with Crippen molar-refractivity contribution in [2.24, 2.45) is 5.73 Å². The Morgan fingerprint density at radius 3 is 2.16 bits per heavy atom. The van der Waals surface area contributed by atoms with E-state index in [4.69, 9.17) is 17.3 Å². The minimum Gasteiger partial charge on any atom is -0.395 e. The van der Waals surface area contributed by atoms with Crippen LogP contribution in [0.3, 0.4) is 0 Å². The van der Waals surface area contributed by atoms with Crippen molar-refractivity contribution >= 4 is 11.6 Å². The summed E-state index contributed by atoms with van der Waals surface area (Å²) >= 11 is 5.89. The maximum Gasteiger partial charge on any atom is 0.0543 e. The van der Waals surface area contributed by atoms with Crippen LogP contribution < -0.4 is 5.73 Å². The SMILES string of the molecule is NCC(CO)(Cc1ccc(Cl)cc1)c1ccccc1. The Balaban J connectivity index is 2.32. The lowest BCUT2D eigenvalue weighted by molar-refractivity contribution is 0.196. The van der Waals surface area contributed by atoms with Crippen LogP contribution in [0.4, 0.5) is 0 Å². The topological polar surface area (TPSA) is 46.2 Å². The molecule has 0 saturated carbocycles. The highest BCUT2D eigenvalue weighted by molar-refractivity contribution is 6.30. The molecule has 3 N–H and O–H groups in total. The van der Waals surface area contributed by atoms with Crippen molar-refractivity contribution in [3.05, 3.63) is 70.7 Å². The molecule has 1 unspecified atom stereocenters. The lowest BCUT2D eigenvalue weighted by Gasteiger charge is -2.31. The largest absolute Gasteiger partial charge is 0.395 e. The molecule has 0 aromatic heterocycles. The molecule has 19 heavy (non-hydrogen) atoms. The third kappa shape index (κ3) is 3.16. The lowest BCUT2D eigenvalue weighted by Crippen LogP contribution is -2.41. The first kappa shape index (κ1) is 14.1. The molecule has 1 atom stereocenters. The van der Waals surface area contributed by atoms with Crippen LogP contribution >= 0.6 is 11.6 Å². The number of hydrogen-bond donors (Lipinski definition) is 2. The molecule has 0 aliphatic heterocycles. The maximum absolute atomic E-state index is 9.84. The summed E-state index contributed by atoms with van der Waals surface area (Å²) < 4.78 is 0. The molecule has 0 aliphatic carbocycles. The van der Waals surface area contributed by atoms with Crippen LogP contribution in [0.1, 0.15) is 11.1 Å². The highest BCUT2D eigenvalue weighted by atomic mass is 35.5. The molecular formula is C16H18ClNO. The molecule has 0 radical (unpaired) electrons. The summed E-state index contributed by atoms with van der Waals surface area (Å²) in [6.45, 7) is 0.423. The highest BCUT2D eigenvalue weighted by Crippen LogP contribution is 2.27. The molecule has 3 heteroatoms. The number of rotatable bonds is 5. The molecule has 2 aromatic carbocycles. The normalized spacial score (nSPS) is 14.1. The zero-order valence-electron chi connectivity index (χ0n) is 10.7. The fourth-order valence-electron chi connectivity index (χ4n) is 2.29. The average molecular weight is 276 g/mol. The van der Waals surface area contributed by atoms with Gasteiger partial charge in [0, 0.05) is 17.0 Å². The van der Waals surface area contributed by atoms with Gasteiger partial charge in [-0.2, -0.15) is 0 Å². The van der Waals surface area contributed by atoms with Gasteiger partial charge in [0.1, 0.15) is 0 Å². The Bertz CT molecular complexity index is 506. The van der Waals surface area contributed by atoms with Gasteiger partial charge < -0.3 is 10.8 Å². The summed E-state index contributed by atoms with van der Waals surface area (Å²) in [5.74, 6) is 0. The van der Waals surface area contributed by atoms with Gasteiger partial charge in [0.2, 0.25) is 0 Å². The van der Waals surface area contributed by atoms with Crippen molar-refractivity contribution in [1.82, 2.24) is 0 Å². The van der Waals surface area contributed by atoms with Gasteiger partial charge in [-0.05, 0) is 29.7 Å². The Labute approximate surface area is 118 Å². The van der Waals surface area contributed by atoms with Crippen molar-refractivity contribution in [2.75, 3.05) is 13.2 Å². The zero-order valence-corrected chi connectivity index (χ0v) is 11.5. The first-order valence-corrected chi connectivity index (χ1v) is 6.69. The molecule has 0 aliphatic rings. The Hall–Kier alpha value is -1.35. The first-order chi connectivity index (χ1) is 9.20. The Kier molecular flexibility index (Phi) is 4.59. The van der Waals surface area contributed by atoms with Crippen LogP contribution in [0.25, 0.3) is 0 Å². The van der Waals surface area contributed by atoms with Gasteiger partial charge in [-0.3, -0.25) is 0 Å². The van der Waals surface area contributed by atoms with Gasteiger partial charge >= 0.3 is 0 Å². The van der Waals surface area contributed by atoms with E-state index in [-0.39, 0.29) is 6.61 Å². The molecule has 2 nitrogen and oxygen atoms in total. The molecule has 2 rings (SSSR count). The monoisotopic (exact) mass is 275 g/mol. The molecule has 0 saturated heterocycles. The molecule has 0 amide bonds.